The van der Waals surface area contributed by atoms with Crippen LogP contribution in [0.3, 0.4) is 0 Å². The van der Waals surface area contributed by atoms with Crippen molar-refractivity contribution in [3.8, 4) is 12.3 Å². The lowest BCUT2D eigenvalue weighted by atomic mass is 10.0. The van der Waals surface area contributed by atoms with Gasteiger partial charge in [-0.3, -0.25) is 0 Å². The smallest absolute Gasteiger partial charge is 0.408 e. The minimum atomic E-state index is -0.522. The minimum Gasteiger partial charge on any atom is -0.444 e. The van der Waals surface area contributed by atoms with Crippen LogP contribution in [0.2, 0.25) is 0 Å². The highest BCUT2D eigenvalue weighted by atomic mass is 16.6. The molecule has 116 valence electrons. The van der Waals surface area contributed by atoms with Crippen molar-refractivity contribution in [2.45, 2.75) is 59.2 Å². The molecule has 0 saturated heterocycles. The van der Waals surface area contributed by atoms with E-state index in [0.717, 1.165) is 12.1 Å². The van der Waals surface area contributed by atoms with Crippen LogP contribution in [0.25, 0.3) is 0 Å². The molecule has 1 unspecified atom stereocenters. The van der Waals surface area contributed by atoms with Gasteiger partial charge >= 0.3 is 6.09 Å². The van der Waals surface area contributed by atoms with Crippen LogP contribution in [-0.4, -0.2) is 21.2 Å². The Bertz CT molecular complexity index is 506. The molecule has 1 aromatic rings. The summed E-state index contributed by atoms with van der Waals surface area (Å²) in [5, 5.41) is 2.92. The number of terminal acetylenes is 1. The van der Waals surface area contributed by atoms with E-state index in [0.29, 0.717) is 12.5 Å². The predicted molar refractivity (Wildman–Crippen MR) is 82.6 cm³/mol. The van der Waals surface area contributed by atoms with E-state index in [1.54, 1.807) is 12.5 Å². The van der Waals surface area contributed by atoms with E-state index in [1.165, 1.54) is 0 Å². The van der Waals surface area contributed by atoms with Crippen molar-refractivity contribution in [1.29, 1.82) is 0 Å². The van der Waals surface area contributed by atoms with Gasteiger partial charge in [0.05, 0.1) is 30.8 Å². The highest BCUT2D eigenvalue weighted by molar-refractivity contribution is 5.68. The normalized spacial score (nSPS) is 12.8. The van der Waals surface area contributed by atoms with E-state index >= 15 is 0 Å². The van der Waals surface area contributed by atoms with Crippen molar-refractivity contribution in [3.05, 3.63) is 18.2 Å². The Hall–Kier alpha value is -1.96. The van der Waals surface area contributed by atoms with E-state index < -0.39 is 11.7 Å². The number of nitrogens with zero attached hydrogens (tertiary/aromatic N) is 2. The maximum Gasteiger partial charge on any atom is 0.408 e. The van der Waals surface area contributed by atoms with E-state index in [1.807, 2.05) is 25.3 Å². The lowest BCUT2D eigenvalue weighted by Gasteiger charge is -2.25. The standard InChI is InChI=1S/C16H25N3O2/c1-7-8-19-11-17-10-14(19)13(9-12(2)3)18-15(20)21-16(4,5)6/h1,10-13H,8-9H2,2-6H3,(H,18,20). The number of carbonyl (C=O) groups excluding carboxylic acids is 1. The van der Waals surface area contributed by atoms with Gasteiger partial charge in [-0.1, -0.05) is 19.8 Å². The van der Waals surface area contributed by atoms with Crippen LogP contribution in [0.5, 0.6) is 0 Å². The molecule has 5 nitrogen and oxygen atoms in total. The topological polar surface area (TPSA) is 56.2 Å². The first-order valence-corrected chi connectivity index (χ1v) is 7.16. The first-order valence-electron chi connectivity index (χ1n) is 7.16. The number of hydrogen-bond donors (Lipinski definition) is 1. The molecule has 1 N–H and O–H groups in total. The number of carbonyl (C=O) groups is 1. The fourth-order valence-electron chi connectivity index (χ4n) is 2.03. The van der Waals surface area contributed by atoms with Crippen LogP contribution in [0.15, 0.2) is 12.5 Å². The van der Waals surface area contributed by atoms with Crippen molar-refractivity contribution < 1.29 is 9.53 Å². The number of ether oxygens (including phenoxy) is 1. The van der Waals surface area contributed by atoms with E-state index in [2.05, 4.69) is 30.1 Å². The van der Waals surface area contributed by atoms with Gasteiger partial charge in [0.1, 0.15) is 5.60 Å². The third-order valence-corrected chi connectivity index (χ3v) is 2.76. The summed E-state index contributed by atoms with van der Waals surface area (Å²) in [5.74, 6) is 3.01. The van der Waals surface area contributed by atoms with E-state index in [4.69, 9.17) is 11.2 Å². The number of amides is 1. The van der Waals surface area contributed by atoms with Gasteiger partial charge in [0.2, 0.25) is 0 Å². The summed E-state index contributed by atoms with van der Waals surface area (Å²) in [6.07, 6.45) is 9.14. The molecule has 5 heteroatoms. The van der Waals surface area contributed by atoms with Crippen LogP contribution < -0.4 is 5.32 Å². The van der Waals surface area contributed by atoms with Crippen molar-refractivity contribution >= 4 is 6.09 Å². The molecule has 1 atom stereocenters. The second kappa shape index (κ2) is 7.16. The molecule has 0 aliphatic carbocycles. The molecule has 0 aromatic carbocycles. The lowest BCUT2D eigenvalue weighted by Crippen LogP contribution is -2.36. The van der Waals surface area contributed by atoms with Gasteiger partial charge in [-0.05, 0) is 33.1 Å². The van der Waals surface area contributed by atoms with Crippen LogP contribution in [0.4, 0.5) is 4.79 Å². The molecule has 0 aliphatic heterocycles. The molecule has 0 spiro atoms. The monoisotopic (exact) mass is 291 g/mol. The first-order chi connectivity index (χ1) is 9.73. The van der Waals surface area contributed by atoms with E-state index in [9.17, 15) is 4.79 Å². The van der Waals surface area contributed by atoms with Crippen LogP contribution in [0.1, 0.15) is 52.8 Å². The summed E-state index contributed by atoms with van der Waals surface area (Å²) in [5.41, 5.74) is 0.374. The van der Waals surface area contributed by atoms with Gasteiger partial charge in [0, 0.05) is 0 Å². The summed E-state index contributed by atoms with van der Waals surface area (Å²) in [7, 11) is 0. The average molecular weight is 291 g/mol. The molecule has 1 heterocycles. The molecule has 1 rings (SSSR count). The molecule has 0 fully saturated rings. The zero-order valence-electron chi connectivity index (χ0n) is 13.5. The van der Waals surface area contributed by atoms with Crippen LogP contribution in [-0.2, 0) is 11.3 Å². The summed E-state index contributed by atoms with van der Waals surface area (Å²) >= 11 is 0. The van der Waals surface area contributed by atoms with Gasteiger partial charge < -0.3 is 14.6 Å². The van der Waals surface area contributed by atoms with E-state index in [-0.39, 0.29) is 6.04 Å². The number of imidazole rings is 1. The molecular weight excluding hydrogens is 266 g/mol. The van der Waals surface area contributed by atoms with Gasteiger partial charge in [-0.15, -0.1) is 6.42 Å². The summed E-state index contributed by atoms with van der Waals surface area (Å²) in [6, 6.07) is -0.171. The number of rotatable bonds is 5. The fraction of sp³-hybridized carbons (Fsp3) is 0.625. The Balaban J connectivity index is 2.88. The third-order valence-electron chi connectivity index (χ3n) is 2.76. The van der Waals surface area contributed by atoms with Gasteiger partial charge in [0.15, 0.2) is 0 Å². The predicted octanol–water partition coefficient (Wildman–Crippen LogP) is 3.13. The Kier molecular flexibility index (Phi) is 5.83. The zero-order chi connectivity index (χ0) is 16.0. The highest BCUT2D eigenvalue weighted by Gasteiger charge is 2.23. The molecular formula is C16H25N3O2. The number of hydrogen-bond acceptors (Lipinski definition) is 3. The van der Waals surface area contributed by atoms with Crippen molar-refractivity contribution in [1.82, 2.24) is 14.9 Å². The van der Waals surface area contributed by atoms with Crippen molar-refractivity contribution in [2.75, 3.05) is 0 Å². The van der Waals surface area contributed by atoms with Gasteiger partial charge in [0.25, 0.3) is 0 Å². The van der Waals surface area contributed by atoms with Crippen molar-refractivity contribution in [2.24, 2.45) is 5.92 Å². The molecule has 0 saturated carbocycles. The summed E-state index contributed by atoms with van der Waals surface area (Å²) in [4.78, 5) is 16.1. The second-order valence-corrected chi connectivity index (χ2v) is 6.48. The Morgan fingerprint density at radius 3 is 2.71 bits per heavy atom. The van der Waals surface area contributed by atoms with Crippen LogP contribution in [0, 0.1) is 18.3 Å². The van der Waals surface area contributed by atoms with Gasteiger partial charge in [-0.2, -0.15) is 0 Å². The quantitative estimate of drug-likeness (QED) is 0.848. The fourth-order valence-corrected chi connectivity index (χ4v) is 2.03. The SMILES string of the molecule is C#CCn1cncc1C(CC(C)C)NC(=O)OC(C)(C)C. The van der Waals surface area contributed by atoms with Gasteiger partial charge in [-0.25, -0.2) is 9.78 Å². The summed E-state index contributed by atoms with van der Waals surface area (Å²) in [6.45, 7) is 10.2. The Labute approximate surface area is 127 Å². The van der Waals surface area contributed by atoms with Crippen LogP contribution >= 0.6 is 0 Å². The zero-order valence-corrected chi connectivity index (χ0v) is 13.5. The number of nitrogens with one attached hydrogen (secondary N) is 1. The molecule has 0 bridgehead atoms. The average Bonchev–Trinajstić information content (AvgIpc) is 2.73. The first kappa shape index (κ1) is 17.1. The number of aromatic nitrogens is 2. The largest absolute Gasteiger partial charge is 0.444 e. The molecule has 1 aromatic heterocycles. The van der Waals surface area contributed by atoms with Crippen molar-refractivity contribution in [3.63, 3.8) is 0 Å². The maximum atomic E-state index is 12.0. The number of alkyl carbamates (subject to hydrolysis) is 1. The molecule has 0 radical (unpaired) electrons. The maximum absolute atomic E-state index is 12.0. The molecule has 0 aliphatic rings. The Morgan fingerprint density at radius 2 is 2.19 bits per heavy atom. The minimum absolute atomic E-state index is 0.171. The lowest BCUT2D eigenvalue weighted by molar-refractivity contribution is 0.0495. The second-order valence-electron chi connectivity index (χ2n) is 6.48. The molecule has 21 heavy (non-hydrogen) atoms. The molecule has 1 amide bonds. The summed E-state index contributed by atoms with van der Waals surface area (Å²) < 4.78 is 7.19. The Morgan fingerprint density at radius 1 is 1.52 bits per heavy atom. The third kappa shape index (κ3) is 5.90. The highest BCUT2D eigenvalue weighted by Crippen LogP contribution is 2.22.